The van der Waals surface area contributed by atoms with Gasteiger partial charge >= 0.3 is 0 Å². The third-order valence-electron chi connectivity index (χ3n) is 1.18. The number of nitrogens with two attached hydrogens (primary N) is 1. The predicted octanol–water partition coefficient (Wildman–Crippen LogP) is -0.247. The first-order chi connectivity index (χ1) is 6.33. The molecule has 0 atom stereocenters. The van der Waals surface area contributed by atoms with E-state index in [1.165, 1.54) is 0 Å². The summed E-state index contributed by atoms with van der Waals surface area (Å²) in [5.74, 6) is 5.01. The standard InChI is InChI=1S/C7H9N5S/c8-11-7(13)12-10-5-6-3-1-2-4-9-6/h1-5H,8H2,(H2,11,12,13)/b10-5-. The molecule has 0 saturated heterocycles. The Kier molecular flexibility index (Phi) is 3.80. The van der Waals surface area contributed by atoms with Gasteiger partial charge < -0.3 is 0 Å². The Hall–Kier alpha value is -1.53. The Balaban J connectivity index is 2.45. The van der Waals surface area contributed by atoms with Crippen molar-refractivity contribution >= 4 is 23.5 Å². The lowest BCUT2D eigenvalue weighted by atomic mass is 10.4. The minimum atomic E-state index is 0.257. The van der Waals surface area contributed by atoms with E-state index in [-0.39, 0.29) is 5.11 Å². The van der Waals surface area contributed by atoms with Gasteiger partial charge in [0.25, 0.3) is 0 Å². The van der Waals surface area contributed by atoms with Crippen LogP contribution in [0.1, 0.15) is 5.69 Å². The van der Waals surface area contributed by atoms with Crippen molar-refractivity contribution in [2.75, 3.05) is 0 Å². The number of hydrogen-bond acceptors (Lipinski definition) is 4. The fourth-order valence-corrected chi connectivity index (χ4v) is 0.694. The maximum Gasteiger partial charge on any atom is 0.201 e. The smallest absolute Gasteiger partial charge is 0.201 e. The number of nitrogens with one attached hydrogen (secondary N) is 2. The van der Waals surface area contributed by atoms with Crippen LogP contribution in [0.3, 0.4) is 0 Å². The summed E-state index contributed by atoms with van der Waals surface area (Å²) in [5, 5.41) is 4.05. The molecule has 4 N–H and O–H groups in total. The minimum absolute atomic E-state index is 0.257. The third-order valence-corrected chi connectivity index (χ3v) is 1.39. The predicted molar refractivity (Wildman–Crippen MR) is 54.9 cm³/mol. The maximum absolute atomic E-state index is 5.01. The lowest BCUT2D eigenvalue weighted by Gasteiger charge is -1.98. The molecule has 0 bridgehead atoms. The molecule has 0 fully saturated rings. The SMILES string of the molecule is NNC(=S)N/N=C\c1ccccn1. The molecule has 1 rings (SSSR count). The maximum atomic E-state index is 5.01. The van der Waals surface area contributed by atoms with Crippen LogP contribution in [0.4, 0.5) is 0 Å². The zero-order valence-corrected chi connectivity index (χ0v) is 7.58. The van der Waals surface area contributed by atoms with Crippen molar-refractivity contribution in [1.29, 1.82) is 0 Å². The molecule has 0 saturated carbocycles. The number of nitrogens with zero attached hydrogens (tertiary/aromatic N) is 2. The molecule has 68 valence electrons. The highest BCUT2D eigenvalue weighted by molar-refractivity contribution is 7.80. The van der Waals surface area contributed by atoms with Gasteiger partial charge in [0, 0.05) is 6.20 Å². The number of aromatic nitrogens is 1. The Labute approximate surface area is 81.0 Å². The normalized spacial score (nSPS) is 9.92. The molecule has 0 aliphatic heterocycles. The van der Waals surface area contributed by atoms with E-state index >= 15 is 0 Å². The molecule has 5 nitrogen and oxygen atoms in total. The van der Waals surface area contributed by atoms with Crippen LogP contribution in [0.5, 0.6) is 0 Å². The first-order valence-corrected chi connectivity index (χ1v) is 3.94. The van der Waals surface area contributed by atoms with Crippen LogP contribution < -0.4 is 16.7 Å². The minimum Gasteiger partial charge on any atom is -0.300 e. The number of hydrogen-bond donors (Lipinski definition) is 3. The van der Waals surface area contributed by atoms with Gasteiger partial charge in [0.05, 0.1) is 11.9 Å². The zero-order valence-electron chi connectivity index (χ0n) is 6.77. The summed E-state index contributed by atoms with van der Waals surface area (Å²) in [7, 11) is 0. The van der Waals surface area contributed by atoms with Crippen molar-refractivity contribution in [3.05, 3.63) is 30.1 Å². The molecule has 0 radical (unpaired) electrons. The van der Waals surface area contributed by atoms with E-state index in [0.29, 0.717) is 0 Å². The third kappa shape index (κ3) is 3.59. The molecule has 1 aromatic rings. The van der Waals surface area contributed by atoms with E-state index in [0.717, 1.165) is 5.69 Å². The molecule has 0 unspecified atom stereocenters. The second-order valence-corrected chi connectivity index (χ2v) is 2.51. The van der Waals surface area contributed by atoms with Crippen molar-refractivity contribution in [2.45, 2.75) is 0 Å². The Morgan fingerprint density at radius 2 is 2.46 bits per heavy atom. The molecular formula is C7H9N5S. The molecule has 13 heavy (non-hydrogen) atoms. The van der Waals surface area contributed by atoms with Crippen LogP contribution in [0.2, 0.25) is 0 Å². The Bertz CT molecular complexity index is 297. The van der Waals surface area contributed by atoms with Gasteiger partial charge in [-0.05, 0) is 24.4 Å². The van der Waals surface area contributed by atoms with Crippen LogP contribution in [0.15, 0.2) is 29.5 Å². The summed E-state index contributed by atoms with van der Waals surface area (Å²) in [6, 6.07) is 5.52. The number of pyridine rings is 1. The molecule has 0 amide bonds. The number of hydrazone groups is 1. The average Bonchev–Trinajstić information content (AvgIpc) is 2.19. The fourth-order valence-electron chi connectivity index (χ4n) is 0.642. The zero-order chi connectivity index (χ0) is 9.52. The van der Waals surface area contributed by atoms with Gasteiger partial charge in [-0.1, -0.05) is 6.07 Å². The molecule has 1 aromatic heterocycles. The van der Waals surface area contributed by atoms with Gasteiger partial charge in [-0.25, -0.2) is 5.84 Å². The van der Waals surface area contributed by atoms with Crippen molar-refractivity contribution in [3.8, 4) is 0 Å². The molecule has 0 aliphatic carbocycles. The lowest BCUT2D eigenvalue weighted by molar-refractivity contribution is 0.929. The summed E-state index contributed by atoms with van der Waals surface area (Å²) >= 11 is 4.69. The Morgan fingerprint density at radius 1 is 1.62 bits per heavy atom. The van der Waals surface area contributed by atoms with Gasteiger partial charge in [-0.3, -0.25) is 15.8 Å². The van der Waals surface area contributed by atoms with Gasteiger partial charge in [0.15, 0.2) is 0 Å². The highest BCUT2D eigenvalue weighted by atomic mass is 32.1. The number of rotatable bonds is 2. The first-order valence-electron chi connectivity index (χ1n) is 3.53. The van der Waals surface area contributed by atoms with Gasteiger partial charge in [-0.2, -0.15) is 5.10 Å². The fraction of sp³-hybridized carbons (Fsp3) is 0. The van der Waals surface area contributed by atoms with E-state index in [1.807, 2.05) is 18.2 Å². The van der Waals surface area contributed by atoms with Gasteiger partial charge in [0.1, 0.15) is 0 Å². The number of hydrazine groups is 1. The van der Waals surface area contributed by atoms with Crippen LogP contribution in [-0.4, -0.2) is 16.3 Å². The van der Waals surface area contributed by atoms with Crippen LogP contribution >= 0.6 is 12.2 Å². The van der Waals surface area contributed by atoms with Crippen molar-refractivity contribution in [2.24, 2.45) is 10.9 Å². The summed E-state index contributed by atoms with van der Waals surface area (Å²) in [6.45, 7) is 0. The van der Waals surface area contributed by atoms with Crippen molar-refractivity contribution in [1.82, 2.24) is 15.8 Å². The van der Waals surface area contributed by atoms with Gasteiger partial charge in [-0.15, -0.1) is 0 Å². The molecular weight excluding hydrogens is 186 g/mol. The second-order valence-electron chi connectivity index (χ2n) is 2.10. The quantitative estimate of drug-likeness (QED) is 0.263. The second kappa shape index (κ2) is 5.18. The summed E-state index contributed by atoms with van der Waals surface area (Å²) in [5.41, 5.74) is 5.49. The average molecular weight is 195 g/mol. The van der Waals surface area contributed by atoms with Gasteiger partial charge in [0.2, 0.25) is 5.11 Å². The lowest BCUT2D eigenvalue weighted by Crippen LogP contribution is -2.37. The van der Waals surface area contributed by atoms with Crippen LogP contribution in [0, 0.1) is 0 Å². The summed E-state index contributed by atoms with van der Waals surface area (Å²) in [4.78, 5) is 4.02. The highest BCUT2D eigenvalue weighted by Crippen LogP contribution is 1.87. The van der Waals surface area contributed by atoms with E-state index in [4.69, 9.17) is 5.84 Å². The summed E-state index contributed by atoms with van der Waals surface area (Å²) in [6.07, 6.45) is 3.23. The molecule has 0 aliphatic rings. The van der Waals surface area contributed by atoms with Crippen LogP contribution in [-0.2, 0) is 0 Å². The van der Waals surface area contributed by atoms with E-state index in [9.17, 15) is 0 Å². The molecule has 0 aromatic carbocycles. The Morgan fingerprint density at radius 3 is 3.08 bits per heavy atom. The van der Waals surface area contributed by atoms with E-state index in [2.05, 4.69) is 33.2 Å². The summed E-state index contributed by atoms with van der Waals surface area (Å²) < 4.78 is 0. The van der Waals surface area contributed by atoms with Crippen molar-refractivity contribution < 1.29 is 0 Å². The first kappa shape index (κ1) is 9.56. The van der Waals surface area contributed by atoms with Crippen LogP contribution in [0.25, 0.3) is 0 Å². The number of thiocarbonyl (C=S) groups is 1. The van der Waals surface area contributed by atoms with E-state index in [1.54, 1.807) is 12.4 Å². The van der Waals surface area contributed by atoms with Crippen molar-refractivity contribution in [3.63, 3.8) is 0 Å². The molecule has 0 spiro atoms. The monoisotopic (exact) mass is 195 g/mol. The topological polar surface area (TPSA) is 75.3 Å². The largest absolute Gasteiger partial charge is 0.300 e. The molecule has 6 heteroatoms. The molecule has 1 heterocycles. The highest BCUT2D eigenvalue weighted by Gasteiger charge is 1.86. The van der Waals surface area contributed by atoms with E-state index < -0.39 is 0 Å².